The van der Waals surface area contributed by atoms with E-state index in [0.717, 1.165) is 5.69 Å². The molecule has 62 valence electrons. The third-order valence-corrected chi connectivity index (χ3v) is 1.23. The Bertz CT molecular complexity index is 210. The molecule has 0 aliphatic rings. The highest BCUT2D eigenvalue weighted by atomic mass is 16.6. The molecule has 6 heteroatoms. The van der Waals surface area contributed by atoms with Gasteiger partial charge in [-0.15, -0.1) is 5.10 Å². The molecule has 0 saturated carbocycles. The second-order valence-electron chi connectivity index (χ2n) is 2.05. The van der Waals surface area contributed by atoms with Crippen LogP contribution in [0, 0.1) is 0 Å². The lowest BCUT2D eigenvalue weighted by Gasteiger charge is -1.95. The van der Waals surface area contributed by atoms with Crippen LogP contribution in [0.4, 0.5) is 0 Å². The summed E-state index contributed by atoms with van der Waals surface area (Å²) in [5.41, 5.74) is 6.09. The lowest BCUT2D eigenvalue weighted by atomic mass is 10.5. The van der Waals surface area contributed by atoms with Crippen molar-refractivity contribution in [3.05, 3.63) is 11.9 Å². The van der Waals surface area contributed by atoms with Crippen molar-refractivity contribution in [3.8, 4) is 0 Å². The number of rotatable bonds is 4. The number of nitrogens with zero attached hydrogens (tertiary/aromatic N) is 3. The van der Waals surface area contributed by atoms with Gasteiger partial charge >= 0.3 is 0 Å². The van der Waals surface area contributed by atoms with Crippen LogP contribution in [0.25, 0.3) is 0 Å². The van der Waals surface area contributed by atoms with Gasteiger partial charge in [0, 0.05) is 12.7 Å². The van der Waals surface area contributed by atoms with Crippen LogP contribution >= 0.6 is 0 Å². The highest BCUT2D eigenvalue weighted by molar-refractivity contribution is 4.90. The minimum Gasteiger partial charge on any atom is -0.325 e. The fraction of sp³-hybridized carbons (Fsp3) is 0.600. The molecule has 6 nitrogen and oxygen atoms in total. The van der Waals surface area contributed by atoms with Crippen LogP contribution in [0.5, 0.6) is 0 Å². The number of aromatic nitrogens is 3. The molecule has 0 atom stereocenters. The number of hydrogen-bond acceptors (Lipinski definition) is 5. The van der Waals surface area contributed by atoms with Gasteiger partial charge in [-0.05, 0) is 0 Å². The quantitative estimate of drug-likeness (QED) is 0.526. The van der Waals surface area contributed by atoms with E-state index in [0.29, 0.717) is 19.7 Å². The van der Waals surface area contributed by atoms with Crippen LogP contribution < -0.4 is 11.6 Å². The first-order chi connectivity index (χ1) is 5.36. The van der Waals surface area contributed by atoms with Crippen LogP contribution in [0.1, 0.15) is 5.69 Å². The summed E-state index contributed by atoms with van der Waals surface area (Å²) in [5.74, 6) is 4.83. The lowest BCUT2D eigenvalue weighted by Crippen LogP contribution is -2.09. The molecule has 1 heterocycles. The molecule has 0 radical (unpaired) electrons. The molecule has 0 unspecified atom stereocenters. The van der Waals surface area contributed by atoms with Crippen molar-refractivity contribution in [1.29, 1.82) is 0 Å². The summed E-state index contributed by atoms with van der Waals surface area (Å²) in [7, 11) is 0. The van der Waals surface area contributed by atoms with E-state index >= 15 is 0 Å². The van der Waals surface area contributed by atoms with Gasteiger partial charge < -0.3 is 10.6 Å². The Morgan fingerprint density at radius 3 is 3.00 bits per heavy atom. The Hall–Kier alpha value is -0.980. The normalized spacial score (nSPS) is 10.4. The molecule has 0 saturated heterocycles. The second kappa shape index (κ2) is 4.02. The Morgan fingerprint density at radius 1 is 1.64 bits per heavy atom. The Kier molecular flexibility index (Phi) is 2.96. The molecule has 0 aliphatic heterocycles. The van der Waals surface area contributed by atoms with E-state index in [9.17, 15) is 0 Å². The summed E-state index contributed by atoms with van der Waals surface area (Å²) in [6.07, 6.45) is 1.76. The molecule has 1 rings (SSSR count). The third-order valence-electron chi connectivity index (χ3n) is 1.23. The van der Waals surface area contributed by atoms with Gasteiger partial charge in [0.15, 0.2) is 0 Å². The zero-order valence-corrected chi connectivity index (χ0v) is 6.10. The SMILES string of the molecule is NCc1cn(CCON)nn1. The zero-order valence-electron chi connectivity index (χ0n) is 6.10. The minimum atomic E-state index is 0.406. The smallest absolute Gasteiger partial charge is 0.0962 e. The van der Waals surface area contributed by atoms with Gasteiger partial charge in [0.2, 0.25) is 0 Å². The summed E-state index contributed by atoms with van der Waals surface area (Å²) < 4.78 is 1.63. The zero-order chi connectivity index (χ0) is 8.10. The molecule has 0 aromatic carbocycles. The van der Waals surface area contributed by atoms with E-state index < -0.39 is 0 Å². The van der Waals surface area contributed by atoms with Gasteiger partial charge in [0.1, 0.15) is 0 Å². The summed E-state index contributed by atoms with van der Waals surface area (Å²) in [5, 5.41) is 7.55. The van der Waals surface area contributed by atoms with E-state index in [1.165, 1.54) is 0 Å². The average Bonchev–Trinajstić information content (AvgIpc) is 2.48. The fourth-order valence-electron chi connectivity index (χ4n) is 0.688. The lowest BCUT2D eigenvalue weighted by molar-refractivity contribution is 0.126. The molecular weight excluding hydrogens is 146 g/mol. The van der Waals surface area contributed by atoms with E-state index in [1.807, 2.05) is 0 Å². The predicted molar refractivity (Wildman–Crippen MR) is 38.1 cm³/mol. The first-order valence-corrected chi connectivity index (χ1v) is 3.27. The van der Waals surface area contributed by atoms with Crippen molar-refractivity contribution in [3.63, 3.8) is 0 Å². The van der Waals surface area contributed by atoms with Gasteiger partial charge in [0.05, 0.1) is 18.8 Å². The maximum Gasteiger partial charge on any atom is 0.0962 e. The largest absolute Gasteiger partial charge is 0.325 e. The van der Waals surface area contributed by atoms with Crippen molar-refractivity contribution in [2.45, 2.75) is 13.1 Å². The van der Waals surface area contributed by atoms with Gasteiger partial charge in [-0.25, -0.2) is 10.6 Å². The maximum absolute atomic E-state index is 5.32. The highest BCUT2D eigenvalue weighted by Crippen LogP contribution is 1.89. The number of hydrogen-bond donors (Lipinski definition) is 2. The maximum atomic E-state index is 5.32. The molecule has 4 N–H and O–H groups in total. The van der Waals surface area contributed by atoms with E-state index in [1.54, 1.807) is 10.9 Å². The first-order valence-electron chi connectivity index (χ1n) is 3.27. The molecule has 0 aliphatic carbocycles. The second-order valence-corrected chi connectivity index (χ2v) is 2.05. The fourth-order valence-corrected chi connectivity index (χ4v) is 0.688. The molecule has 1 aromatic rings. The van der Waals surface area contributed by atoms with Crippen LogP contribution in [-0.2, 0) is 17.9 Å². The minimum absolute atomic E-state index is 0.406. The molecule has 0 bridgehead atoms. The summed E-state index contributed by atoms with van der Waals surface area (Å²) >= 11 is 0. The first kappa shape index (κ1) is 8.12. The van der Waals surface area contributed by atoms with Gasteiger partial charge in [-0.2, -0.15) is 0 Å². The summed E-state index contributed by atoms with van der Waals surface area (Å²) in [6, 6.07) is 0. The van der Waals surface area contributed by atoms with Crippen LogP contribution in [0.2, 0.25) is 0 Å². The molecule has 0 amide bonds. The van der Waals surface area contributed by atoms with Crippen molar-refractivity contribution in [1.82, 2.24) is 15.0 Å². The van der Waals surface area contributed by atoms with Crippen LogP contribution in [0.3, 0.4) is 0 Å². The molecule has 1 aromatic heterocycles. The molecule has 0 spiro atoms. The molecule has 0 fully saturated rings. The van der Waals surface area contributed by atoms with Crippen molar-refractivity contribution >= 4 is 0 Å². The van der Waals surface area contributed by atoms with Gasteiger partial charge in [0.25, 0.3) is 0 Å². The van der Waals surface area contributed by atoms with E-state index in [4.69, 9.17) is 11.6 Å². The monoisotopic (exact) mass is 157 g/mol. The highest BCUT2D eigenvalue weighted by Gasteiger charge is 1.96. The topological polar surface area (TPSA) is 92.0 Å². The molecule has 11 heavy (non-hydrogen) atoms. The van der Waals surface area contributed by atoms with Gasteiger partial charge in [-0.3, -0.25) is 0 Å². The van der Waals surface area contributed by atoms with Crippen molar-refractivity contribution in [2.75, 3.05) is 6.61 Å². The average molecular weight is 157 g/mol. The van der Waals surface area contributed by atoms with E-state index in [2.05, 4.69) is 15.1 Å². The van der Waals surface area contributed by atoms with Crippen LogP contribution in [0.15, 0.2) is 6.20 Å². The molecular formula is C5H11N5O. The van der Waals surface area contributed by atoms with Crippen molar-refractivity contribution in [2.24, 2.45) is 11.6 Å². The predicted octanol–water partition coefficient (Wildman–Crippen LogP) is -1.37. The Labute approximate surface area is 64.1 Å². The Morgan fingerprint density at radius 2 is 2.45 bits per heavy atom. The standard InChI is InChI=1S/C5H11N5O/c6-3-5-4-10(9-8-5)1-2-11-7/h4H,1-3,6-7H2. The summed E-state index contributed by atoms with van der Waals surface area (Å²) in [6.45, 7) is 1.43. The van der Waals surface area contributed by atoms with Crippen molar-refractivity contribution < 1.29 is 4.84 Å². The number of nitrogens with two attached hydrogens (primary N) is 2. The van der Waals surface area contributed by atoms with Crippen LogP contribution in [-0.4, -0.2) is 21.6 Å². The Balaban J connectivity index is 2.44. The third kappa shape index (κ3) is 2.26. The van der Waals surface area contributed by atoms with Gasteiger partial charge in [-0.1, -0.05) is 5.21 Å². The summed E-state index contributed by atoms with van der Waals surface area (Å²) in [4.78, 5) is 4.37. The van der Waals surface area contributed by atoms with E-state index in [-0.39, 0.29) is 0 Å².